The first-order valence-electron chi connectivity index (χ1n) is 5.36. The molecular weight excluding hydrogens is 190 g/mol. The highest BCUT2D eigenvalue weighted by molar-refractivity contribution is 5.27. The van der Waals surface area contributed by atoms with E-state index in [1.807, 2.05) is 18.2 Å². The summed E-state index contributed by atoms with van der Waals surface area (Å²) in [5.41, 5.74) is 1.16. The number of ether oxygens (including phenoxy) is 1. The van der Waals surface area contributed by atoms with E-state index >= 15 is 0 Å². The first kappa shape index (κ1) is 10.5. The molecule has 1 saturated heterocycles. The predicted octanol–water partition coefficient (Wildman–Crippen LogP) is 1.61. The van der Waals surface area contributed by atoms with Gasteiger partial charge in [0.05, 0.1) is 12.7 Å². The van der Waals surface area contributed by atoms with Crippen LogP contribution in [0.1, 0.15) is 12.5 Å². The number of rotatable bonds is 2. The Bertz CT molecular complexity index is 327. The Balaban J connectivity index is 1.96. The van der Waals surface area contributed by atoms with Crippen molar-refractivity contribution in [3.63, 3.8) is 0 Å². The standard InChI is InChI=1S/C12H17NO2/c1-10-8-13(5-6-15-10)9-11-3-2-4-12(14)7-11/h2-4,7,10,14H,5-6,8-9H2,1H3. The third-order valence-corrected chi connectivity index (χ3v) is 2.64. The monoisotopic (exact) mass is 207 g/mol. The molecule has 0 aromatic heterocycles. The van der Waals surface area contributed by atoms with Gasteiger partial charge < -0.3 is 9.84 Å². The predicted molar refractivity (Wildman–Crippen MR) is 58.8 cm³/mol. The summed E-state index contributed by atoms with van der Waals surface area (Å²) in [6, 6.07) is 7.44. The van der Waals surface area contributed by atoms with Crippen molar-refractivity contribution in [2.45, 2.75) is 19.6 Å². The van der Waals surface area contributed by atoms with Gasteiger partial charge in [0.1, 0.15) is 5.75 Å². The van der Waals surface area contributed by atoms with E-state index in [0.29, 0.717) is 11.9 Å². The van der Waals surface area contributed by atoms with E-state index in [1.54, 1.807) is 6.07 Å². The Hall–Kier alpha value is -1.06. The van der Waals surface area contributed by atoms with Gasteiger partial charge in [-0.3, -0.25) is 4.90 Å². The topological polar surface area (TPSA) is 32.7 Å². The van der Waals surface area contributed by atoms with Crippen LogP contribution in [0.5, 0.6) is 5.75 Å². The van der Waals surface area contributed by atoms with Gasteiger partial charge in [0.15, 0.2) is 0 Å². The fourth-order valence-electron chi connectivity index (χ4n) is 1.95. The number of nitrogens with zero attached hydrogens (tertiary/aromatic N) is 1. The Morgan fingerprint density at radius 2 is 2.40 bits per heavy atom. The molecule has 0 bridgehead atoms. The molecule has 15 heavy (non-hydrogen) atoms. The molecule has 1 N–H and O–H groups in total. The fraction of sp³-hybridized carbons (Fsp3) is 0.500. The van der Waals surface area contributed by atoms with E-state index in [1.165, 1.54) is 0 Å². The van der Waals surface area contributed by atoms with Gasteiger partial charge in [-0.25, -0.2) is 0 Å². The Morgan fingerprint density at radius 3 is 3.13 bits per heavy atom. The molecule has 0 spiro atoms. The highest BCUT2D eigenvalue weighted by atomic mass is 16.5. The molecule has 2 rings (SSSR count). The molecule has 1 aliphatic heterocycles. The van der Waals surface area contributed by atoms with Crippen LogP contribution in [0.4, 0.5) is 0 Å². The van der Waals surface area contributed by atoms with Gasteiger partial charge in [-0.2, -0.15) is 0 Å². The molecule has 0 radical (unpaired) electrons. The summed E-state index contributed by atoms with van der Waals surface area (Å²) in [6.07, 6.45) is 0.316. The second-order valence-corrected chi connectivity index (χ2v) is 4.09. The molecule has 0 amide bonds. The highest BCUT2D eigenvalue weighted by Gasteiger charge is 2.16. The van der Waals surface area contributed by atoms with Crippen LogP contribution in [0.25, 0.3) is 0 Å². The lowest BCUT2D eigenvalue weighted by Crippen LogP contribution is -2.40. The average molecular weight is 207 g/mol. The van der Waals surface area contributed by atoms with E-state index in [-0.39, 0.29) is 0 Å². The molecule has 3 nitrogen and oxygen atoms in total. The van der Waals surface area contributed by atoms with Gasteiger partial charge in [0, 0.05) is 19.6 Å². The molecule has 1 atom stereocenters. The Morgan fingerprint density at radius 1 is 1.53 bits per heavy atom. The largest absolute Gasteiger partial charge is 0.508 e. The van der Waals surface area contributed by atoms with Crippen LogP contribution < -0.4 is 0 Å². The van der Waals surface area contributed by atoms with Gasteiger partial charge in [0.25, 0.3) is 0 Å². The van der Waals surface area contributed by atoms with Crippen molar-refractivity contribution in [3.8, 4) is 5.75 Å². The van der Waals surface area contributed by atoms with Crippen LogP contribution in [-0.4, -0.2) is 35.8 Å². The molecule has 1 fully saturated rings. The van der Waals surface area contributed by atoms with Gasteiger partial charge in [-0.05, 0) is 24.6 Å². The summed E-state index contributed by atoms with van der Waals surface area (Å²) in [4.78, 5) is 2.35. The van der Waals surface area contributed by atoms with Crippen molar-refractivity contribution >= 4 is 0 Å². The van der Waals surface area contributed by atoms with Crippen LogP contribution in [-0.2, 0) is 11.3 Å². The summed E-state index contributed by atoms with van der Waals surface area (Å²) >= 11 is 0. The molecule has 82 valence electrons. The van der Waals surface area contributed by atoms with E-state index in [4.69, 9.17) is 4.74 Å². The lowest BCUT2D eigenvalue weighted by molar-refractivity contribution is -0.0212. The van der Waals surface area contributed by atoms with E-state index in [0.717, 1.165) is 31.8 Å². The minimum atomic E-state index is 0.316. The van der Waals surface area contributed by atoms with Crippen molar-refractivity contribution < 1.29 is 9.84 Å². The SMILES string of the molecule is CC1CN(Cc2cccc(O)c2)CCO1. The lowest BCUT2D eigenvalue weighted by Gasteiger charge is -2.31. The third kappa shape index (κ3) is 2.94. The van der Waals surface area contributed by atoms with Crippen LogP contribution in [0, 0.1) is 0 Å². The molecular formula is C12H17NO2. The second kappa shape index (κ2) is 4.64. The van der Waals surface area contributed by atoms with Gasteiger partial charge in [-0.15, -0.1) is 0 Å². The van der Waals surface area contributed by atoms with Gasteiger partial charge in [0.2, 0.25) is 0 Å². The summed E-state index contributed by atoms with van der Waals surface area (Å²) in [5.74, 6) is 0.341. The maximum atomic E-state index is 9.35. The number of morpholine rings is 1. The van der Waals surface area contributed by atoms with Crippen molar-refractivity contribution in [2.75, 3.05) is 19.7 Å². The molecule has 1 heterocycles. The highest BCUT2D eigenvalue weighted by Crippen LogP contribution is 2.14. The molecule has 0 saturated carbocycles. The molecule has 3 heteroatoms. The minimum absolute atomic E-state index is 0.316. The van der Waals surface area contributed by atoms with E-state index < -0.39 is 0 Å². The van der Waals surface area contributed by atoms with Crippen LogP contribution >= 0.6 is 0 Å². The first-order valence-corrected chi connectivity index (χ1v) is 5.36. The number of benzene rings is 1. The normalized spacial score (nSPS) is 22.9. The quantitative estimate of drug-likeness (QED) is 0.799. The summed E-state index contributed by atoms with van der Waals surface area (Å²) in [7, 11) is 0. The molecule has 0 aliphatic carbocycles. The first-order chi connectivity index (χ1) is 7.24. The van der Waals surface area contributed by atoms with E-state index in [2.05, 4.69) is 11.8 Å². The molecule has 1 aromatic carbocycles. The van der Waals surface area contributed by atoms with E-state index in [9.17, 15) is 5.11 Å². The van der Waals surface area contributed by atoms with Gasteiger partial charge >= 0.3 is 0 Å². The number of phenolic OH excluding ortho intramolecular Hbond substituents is 1. The zero-order valence-corrected chi connectivity index (χ0v) is 9.02. The number of phenols is 1. The van der Waals surface area contributed by atoms with Crippen LogP contribution in [0.2, 0.25) is 0 Å². The fourth-order valence-corrected chi connectivity index (χ4v) is 1.95. The summed E-state index contributed by atoms with van der Waals surface area (Å²) < 4.78 is 5.48. The number of hydrogen-bond acceptors (Lipinski definition) is 3. The number of aromatic hydroxyl groups is 1. The second-order valence-electron chi connectivity index (χ2n) is 4.09. The van der Waals surface area contributed by atoms with Crippen molar-refractivity contribution in [1.82, 2.24) is 4.90 Å². The maximum Gasteiger partial charge on any atom is 0.115 e. The number of hydrogen-bond donors (Lipinski definition) is 1. The summed E-state index contributed by atoms with van der Waals surface area (Å²) in [6.45, 7) is 5.73. The lowest BCUT2D eigenvalue weighted by atomic mass is 10.2. The van der Waals surface area contributed by atoms with Crippen molar-refractivity contribution in [2.24, 2.45) is 0 Å². The zero-order valence-electron chi connectivity index (χ0n) is 9.02. The maximum absolute atomic E-state index is 9.35. The Kier molecular flexibility index (Phi) is 3.23. The van der Waals surface area contributed by atoms with Crippen LogP contribution in [0.3, 0.4) is 0 Å². The average Bonchev–Trinajstić information content (AvgIpc) is 2.17. The van der Waals surface area contributed by atoms with Crippen molar-refractivity contribution in [3.05, 3.63) is 29.8 Å². The minimum Gasteiger partial charge on any atom is -0.508 e. The smallest absolute Gasteiger partial charge is 0.115 e. The van der Waals surface area contributed by atoms with Crippen LogP contribution in [0.15, 0.2) is 24.3 Å². The molecule has 1 aromatic rings. The Labute approximate surface area is 90.3 Å². The van der Waals surface area contributed by atoms with Gasteiger partial charge in [-0.1, -0.05) is 12.1 Å². The third-order valence-electron chi connectivity index (χ3n) is 2.64. The molecule has 1 aliphatic rings. The molecule has 1 unspecified atom stereocenters. The van der Waals surface area contributed by atoms with Crippen molar-refractivity contribution in [1.29, 1.82) is 0 Å². The zero-order chi connectivity index (χ0) is 10.7. The summed E-state index contributed by atoms with van der Waals surface area (Å²) in [5, 5.41) is 9.35.